The smallest absolute Gasteiger partial charge is 0.246 e. The van der Waals surface area contributed by atoms with Crippen molar-refractivity contribution < 1.29 is 28.5 Å². The van der Waals surface area contributed by atoms with Crippen LogP contribution >= 0.6 is 35.0 Å². The standard InChI is InChI=1S/C27H27N5O3.C21H17IN4O.C14H24BNO2.ClH/c1-18-13-21(8-11-25(18)35-22-9-6-19(2)29-15-22)32-27-23-14-20(7-10-24(23)30-17-31-27)5-4-12-28-26(33)16-34-3;1-13-9-16(5-8-20(13)27-17-6-3-14(2)23-11-17)26-21-18-10-15(22)4-7-19(18)24-12-25-21;1-18-11-14(17)16-10-4-9-15-12-5-2-6-13(15)8-3-7-12;/h4-11,13-15,17H,12,16H2,1-3H3,(H,28,33)(H,30,31,32);3-12H,1-2H3,(H,24,25,26);4,9,12-13H,2-3,5-8,10-11H2,1H3,(H,16,17);1H/b5-4+;;9-4+;. The summed E-state index contributed by atoms with van der Waals surface area (Å²) in [4.78, 5) is 48.8. The van der Waals surface area contributed by atoms with Crippen LogP contribution in [0.25, 0.3) is 27.9 Å². The van der Waals surface area contributed by atoms with E-state index in [4.69, 9.17) is 18.9 Å². The van der Waals surface area contributed by atoms with Gasteiger partial charge >= 0.3 is 0 Å². The number of fused-ring (bicyclic) bond motifs is 4. The van der Waals surface area contributed by atoms with Gasteiger partial charge in [-0.1, -0.05) is 74.5 Å². The SMILES string of the molecule is COCC(=O)NC/C=C/B1C2CCCC1CCC2.COCC(=O)NC/C=C/c1ccc2ncnc(Nc3ccc(Oc4ccc(C)nc4)c(C)c3)c2c1.Cc1ccc(Oc2ccc(Nc3ncnc4ccc(I)cc34)cc2C)cn1.Cl. The Balaban J connectivity index is 0.000000183. The molecule has 4 aromatic carbocycles. The van der Waals surface area contributed by atoms with Crippen molar-refractivity contribution >= 4 is 104 Å². The third-order valence-corrected chi connectivity index (χ3v) is 14.5. The van der Waals surface area contributed by atoms with Gasteiger partial charge in [-0.3, -0.25) is 19.6 Å². The minimum Gasteiger partial charge on any atom is -0.455 e. The first-order valence-corrected chi connectivity index (χ1v) is 27.9. The molecule has 8 aromatic rings. The number of carbonyl (C=O) groups excluding carboxylic acids is 2. The van der Waals surface area contributed by atoms with Crippen LogP contribution in [0.15, 0.2) is 140 Å². The summed E-state index contributed by atoms with van der Waals surface area (Å²) in [5.41, 5.74) is 8.46. The molecule has 0 spiro atoms. The van der Waals surface area contributed by atoms with Crippen molar-refractivity contribution in [3.05, 3.63) is 172 Å². The third-order valence-electron chi connectivity index (χ3n) is 13.8. The van der Waals surface area contributed by atoms with Crippen molar-refractivity contribution in [3.8, 4) is 23.0 Å². The first kappa shape index (κ1) is 61.1. The summed E-state index contributed by atoms with van der Waals surface area (Å²) in [7, 11) is 3.03. The van der Waals surface area contributed by atoms with Gasteiger partial charge in [0, 0.05) is 64.4 Å². The summed E-state index contributed by atoms with van der Waals surface area (Å²) in [5, 5.41) is 14.3. The van der Waals surface area contributed by atoms with Gasteiger partial charge in [0.2, 0.25) is 11.8 Å². The predicted molar refractivity (Wildman–Crippen MR) is 335 cm³/mol. The van der Waals surface area contributed by atoms with Gasteiger partial charge in [-0.25, -0.2) is 19.9 Å². The average molecular weight is 1220 g/mol. The van der Waals surface area contributed by atoms with Gasteiger partial charge in [0.15, 0.2) is 6.71 Å². The number of methoxy groups -OCH3 is 2. The maximum absolute atomic E-state index is 11.5. The Hall–Kier alpha value is -7.52. The highest BCUT2D eigenvalue weighted by molar-refractivity contribution is 14.1. The number of nitrogens with zero attached hydrogens (tertiary/aromatic N) is 6. The molecule has 0 aliphatic carbocycles. The van der Waals surface area contributed by atoms with Gasteiger partial charge in [0.05, 0.1) is 23.4 Å². The maximum atomic E-state index is 11.5. The molecule has 2 amide bonds. The second kappa shape index (κ2) is 30.9. The van der Waals surface area contributed by atoms with Crippen LogP contribution in [-0.4, -0.2) is 89.0 Å². The zero-order valence-corrected chi connectivity index (χ0v) is 49.6. The molecule has 0 atom stereocenters. The molecule has 2 aliphatic heterocycles. The zero-order valence-electron chi connectivity index (χ0n) is 46.6. The minimum atomic E-state index is -0.155. The number of ether oxygens (including phenoxy) is 4. The quantitative estimate of drug-likeness (QED) is 0.0468. The van der Waals surface area contributed by atoms with Crippen LogP contribution in [-0.2, 0) is 19.1 Å². The van der Waals surface area contributed by atoms with Gasteiger partial charge in [-0.15, -0.1) is 18.4 Å². The van der Waals surface area contributed by atoms with E-state index in [0.29, 0.717) is 24.7 Å². The average Bonchev–Trinajstić information content (AvgIpc) is 3.46. The van der Waals surface area contributed by atoms with Crippen LogP contribution in [0.5, 0.6) is 23.0 Å². The van der Waals surface area contributed by atoms with Gasteiger partial charge in [0.25, 0.3) is 0 Å². The van der Waals surface area contributed by atoms with E-state index in [9.17, 15) is 9.59 Å². The molecule has 10 rings (SSSR count). The van der Waals surface area contributed by atoms with E-state index in [1.165, 1.54) is 45.6 Å². The molecule has 0 radical (unpaired) electrons. The fourth-order valence-corrected chi connectivity index (χ4v) is 10.3. The fraction of sp³-hybridized carbons (Fsp3) is 0.290. The summed E-state index contributed by atoms with van der Waals surface area (Å²) in [6, 6.07) is 31.6. The van der Waals surface area contributed by atoms with Gasteiger partial charge in [-0.05, 0) is 158 Å². The van der Waals surface area contributed by atoms with Crippen LogP contribution in [0, 0.1) is 31.3 Å². The lowest BCUT2D eigenvalue weighted by atomic mass is 9.27. The number of anilines is 4. The van der Waals surface area contributed by atoms with Gasteiger partial charge in [-0.2, -0.15) is 0 Å². The number of halogens is 2. The lowest BCUT2D eigenvalue weighted by molar-refractivity contribution is -0.125. The number of pyridine rings is 2. The molecule has 420 valence electrons. The second-order valence-corrected chi connectivity index (χ2v) is 21.1. The monoisotopic (exact) mass is 1220 g/mol. The highest BCUT2D eigenvalue weighted by Crippen LogP contribution is 2.46. The first-order valence-electron chi connectivity index (χ1n) is 26.9. The number of hydrogen-bond acceptors (Lipinski definition) is 14. The maximum Gasteiger partial charge on any atom is 0.246 e. The van der Waals surface area contributed by atoms with Crippen molar-refractivity contribution in [3.63, 3.8) is 0 Å². The van der Waals surface area contributed by atoms with Crippen LogP contribution in [0.4, 0.5) is 23.0 Å². The molecule has 4 aromatic heterocycles. The lowest BCUT2D eigenvalue weighted by Gasteiger charge is -2.39. The molecular weight excluding hydrogens is 1150 g/mol. The molecule has 2 saturated heterocycles. The molecule has 4 N–H and O–H groups in total. The van der Waals surface area contributed by atoms with E-state index in [1.54, 1.807) is 32.2 Å². The Bertz CT molecular complexity index is 3410. The molecule has 2 bridgehead atoms. The fourth-order valence-electron chi connectivity index (χ4n) is 9.82. The minimum absolute atomic E-state index is 0. The van der Waals surface area contributed by atoms with Crippen LogP contribution in [0.1, 0.15) is 66.6 Å². The number of benzene rings is 4. The highest BCUT2D eigenvalue weighted by atomic mass is 127. The molecule has 81 heavy (non-hydrogen) atoms. The Kier molecular flexibility index (Phi) is 23.3. The van der Waals surface area contributed by atoms with Crippen LogP contribution in [0.3, 0.4) is 0 Å². The summed E-state index contributed by atoms with van der Waals surface area (Å²) in [5.74, 6) is 8.45. The normalized spacial score (nSPS) is 14.5. The van der Waals surface area contributed by atoms with Crippen LogP contribution in [0.2, 0.25) is 11.6 Å². The Morgan fingerprint density at radius 1 is 0.593 bits per heavy atom. The molecule has 2 aliphatic rings. The number of nitrogens with one attached hydrogen (secondary N) is 4. The van der Waals surface area contributed by atoms with Gasteiger partial charge < -0.3 is 40.2 Å². The van der Waals surface area contributed by atoms with Crippen molar-refractivity contribution in [2.45, 2.75) is 77.9 Å². The Morgan fingerprint density at radius 2 is 1.09 bits per heavy atom. The van der Waals surface area contributed by atoms with E-state index >= 15 is 0 Å². The summed E-state index contributed by atoms with van der Waals surface area (Å²) < 4.78 is 22.6. The number of hydrogen-bond donors (Lipinski definition) is 4. The van der Waals surface area contributed by atoms with E-state index < -0.39 is 0 Å². The summed E-state index contributed by atoms with van der Waals surface area (Å²) in [6.45, 7) is 9.93. The Labute approximate surface area is 494 Å². The lowest BCUT2D eigenvalue weighted by Crippen LogP contribution is -2.33. The largest absolute Gasteiger partial charge is 0.455 e. The van der Waals surface area contributed by atoms with Crippen molar-refractivity contribution in [1.82, 2.24) is 40.5 Å². The topological polar surface area (TPSA) is 197 Å². The summed E-state index contributed by atoms with van der Waals surface area (Å²) >= 11 is 2.29. The van der Waals surface area contributed by atoms with Crippen molar-refractivity contribution in [1.29, 1.82) is 0 Å². The number of amides is 2. The van der Waals surface area contributed by atoms with Crippen molar-refractivity contribution in [2.75, 3.05) is 51.2 Å². The Morgan fingerprint density at radius 3 is 1.57 bits per heavy atom. The van der Waals surface area contributed by atoms with E-state index in [2.05, 4.69) is 91.9 Å². The van der Waals surface area contributed by atoms with Gasteiger partial charge in [0.1, 0.15) is 60.5 Å². The molecule has 6 heterocycles. The third kappa shape index (κ3) is 18.2. The second-order valence-electron chi connectivity index (χ2n) is 19.8. The molecule has 0 unspecified atom stereocenters. The first-order chi connectivity index (χ1) is 38.9. The van der Waals surface area contributed by atoms with E-state index in [0.717, 1.165) is 106 Å². The number of rotatable bonds is 18. The number of aromatic nitrogens is 6. The van der Waals surface area contributed by atoms with E-state index in [-0.39, 0.29) is 37.4 Å². The molecule has 16 nitrogen and oxygen atoms in total. The predicted octanol–water partition coefficient (Wildman–Crippen LogP) is 13.6. The zero-order chi connectivity index (χ0) is 56.2. The molecule has 2 fully saturated rings. The van der Waals surface area contributed by atoms with Crippen LogP contribution < -0.4 is 30.7 Å². The summed E-state index contributed by atoms with van der Waals surface area (Å²) in [6.07, 6.45) is 21.0. The molecule has 0 saturated carbocycles. The van der Waals surface area contributed by atoms with Crippen molar-refractivity contribution in [2.24, 2.45) is 0 Å². The molecular formula is C62H69BClIN10O6. The number of carbonyl (C=O) groups is 2. The van der Waals surface area contributed by atoms with E-state index in [1.807, 2.05) is 131 Å². The molecule has 19 heteroatoms. The highest BCUT2D eigenvalue weighted by Gasteiger charge is 2.37. The number of aryl methyl sites for hydroxylation is 4.